The second-order valence-corrected chi connectivity index (χ2v) is 9.12. The number of benzene rings is 2. The van der Waals surface area contributed by atoms with Crippen LogP contribution in [-0.4, -0.2) is 41.0 Å². The fraction of sp³-hybridized carbons (Fsp3) is 0.381. The molecule has 2 aromatic carbocycles. The number of ether oxygens (including phenoxy) is 2. The van der Waals surface area contributed by atoms with E-state index in [4.69, 9.17) is 9.47 Å². The van der Waals surface area contributed by atoms with Crippen LogP contribution in [0.4, 0.5) is 4.39 Å². The topological polar surface area (TPSA) is 89.0 Å². The van der Waals surface area contributed by atoms with Gasteiger partial charge in [-0.15, -0.1) is 24.0 Å². The number of hydrogen-bond acceptors (Lipinski definition) is 5. The van der Waals surface area contributed by atoms with E-state index in [2.05, 4.69) is 15.6 Å². The minimum absolute atomic E-state index is 0. The maximum atomic E-state index is 13.8. The molecule has 0 unspecified atom stereocenters. The first-order valence-electron chi connectivity index (χ1n) is 9.54. The third-order valence-electron chi connectivity index (χ3n) is 4.76. The van der Waals surface area contributed by atoms with Crippen LogP contribution in [0.15, 0.2) is 40.2 Å². The van der Waals surface area contributed by atoms with Crippen molar-refractivity contribution in [3.8, 4) is 5.75 Å². The molecule has 0 bridgehead atoms. The average molecular weight is 563 g/mol. The number of aliphatic imine (C=N–C) groups is 1. The summed E-state index contributed by atoms with van der Waals surface area (Å²) in [6.45, 7) is 3.31. The van der Waals surface area contributed by atoms with Crippen molar-refractivity contribution >= 4 is 39.8 Å². The number of rotatable bonds is 6. The molecule has 1 heterocycles. The average Bonchev–Trinajstić information content (AvgIpc) is 2.69. The number of hydrogen-bond donors (Lipinski definition) is 2. The molecule has 0 aliphatic carbocycles. The normalized spacial score (nSPS) is 13.6. The Balaban J connectivity index is 0.00000341. The maximum Gasteiger partial charge on any atom is 0.191 e. The summed E-state index contributed by atoms with van der Waals surface area (Å²) in [5.41, 5.74) is 3.14. The van der Waals surface area contributed by atoms with E-state index in [1.807, 2.05) is 6.07 Å². The Morgan fingerprint density at radius 2 is 2.00 bits per heavy atom. The van der Waals surface area contributed by atoms with Crippen molar-refractivity contribution in [1.82, 2.24) is 10.6 Å². The Kier molecular flexibility index (Phi) is 9.07. The number of guanidine groups is 1. The molecule has 0 spiro atoms. The van der Waals surface area contributed by atoms with E-state index in [9.17, 15) is 12.8 Å². The summed E-state index contributed by atoms with van der Waals surface area (Å²) in [6, 6.07) is 8.16. The molecule has 3 rings (SSSR count). The van der Waals surface area contributed by atoms with Crippen LogP contribution in [0.1, 0.15) is 22.3 Å². The summed E-state index contributed by atoms with van der Waals surface area (Å²) < 4.78 is 48.1. The predicted octanol–water partition coefficient (Wildman–Crippen LogP) is 2.93. The smallest absolute Gasteiger partial charge is 0.191 e. The van der Waals surface area contributed by atoms with E-state index in [1.165, 1.54) is 18.4 Å². The molecule has 7 nitrogen and oxygen atoms in total. The molecule has 10 heteroatoms. The summed E-state index contributed by atoms with van der Waals surface area (Å²) in [6.07, 6.45) is 1.76. The molecule has 1 aliphatic heterocycles. The van der Waals surface area contributed by atoms with Gasteiger partial charge in [0.2, 0.25) is 0 Å². The number of sulfone groups is 1. The van der Waals surface area contributed by atoms with E-state index in [0.29, 0.717) is 53.8 Å². The SMILES string of the molecule is CN=C(NCCc1cc(F)cc2c1OCOC2)NCc1ccc(S(C)(=O)=O)c(C)c1.I. The van der Waals surface area contributed by atoms with E-state index in [0.717, 1.165) is 11.1 Å². The van der Waals surface area contributed by atoms with Crippen molar-refractivity contribution in [3.63, 3.8) is 0 Å². The number of aryl methyl sites for hydroxylation is 1. The van der Waals surface area contributed by atoms with Crippen LogP contribution in [0.2, 0.25) is 0 Å². The number of fused-ring (bicyclic) bond motifs is 1. The molecule has 0 saturated carbocycles. The molecule has 1 aliphatic rings. The Hall–Kier alpha value is -1.92. The van der Waals surface area contributed by atoms with Gasteiger partial charge < -0.3 is 20.1 Å². The Morgan fingerprint density at radius 1 is 1.23 bits per heavy atom. The fourth-order valence-electron chi connectivity index (χ4n) is 3.40. The van der Waals surface area contributed by atoms with Gasteiger partial charge in [-0.1, -0.05) is 12.1 Å². The van der Waals surface area contributed by atoms with Crippen LogP contribution in [0, 0.1) is 12.7 Å². The molecule has 0 aromatic heterocycles. The summed E-state index contributed by atoms with van der Waals surface area (Å²) in [4.78, 5) is 4.52. The molecule has 170 valence electrons. The minimum atomic E-state index is -3.24. The summed E-state index contributed by atoms with van der Waals surface area (Å²) in [5.74, 6) is 0.969. The van der Waals surface area contributed by atoms with Gasteiger partial charge in [0.25, 0.3) is 0 Å². The van der Waals surface area contributed by atoms with E-state index in [1.54, 1.807) is 26.1 Å². The van der Waals surface area contributed by atoms with Crippen molar-refractivity contribution in [2.75, 3.05) is 26.6 Å². The van der Waals surface area contributed by atoms with Gasteiger partial charge in [-0.05, 0) is 48.2 Å². The molecule has 2 aromatic rings. The lowest BCUT2D eigenvalue weighted by atomic mass is 10.1. The molecule has 31 heavy (non-hydrogen) atoms. The zero-order valence-corrected chi connectivity index (χ0v) is 20.8. The molecule has 0 saturated heterocycles. The monoisotopic (exact) mass is 563 g/mol. The van der Waals surface area contributed by atoms with Crippen molar-refractivity contribution in [1.29, 1.82) is 0 Å². The van der Waals surface area contributed by atoms with Gasteiger partial charge >= 0.3 is 0 Å². The first-order chi connectivity index (χ1) is 14.3. The van der Waals surface area contributed by atoms with Crippen LogP contribution < -0.4 is 15.4 Å². The first-order valence-corrected chi connectivity index (χ1v) is 11.4. The highest BCUT2D eigenvalue weighted by Crippen LogP contribution is 2.29. The summed E-state index contributed by atoms with van der Waals surface area (Å²) >= 11 is 0. The maximum absolute atomic E-state index is 13.8. The van der Waals surface area contributed by atoms with Crippen LogP contribution in [0.5, 0.6) is 5.75 Å². The Morgan fingerprint density at radius 3 is 2.68 bits per heavy atom. The standard InChI is InChI=1S/C21H26FN3O4S.HI/c1-14-8-15(4-5-19(14)30(3,26)27)11-25-21(23-2)24-7-6-16-9-18(22)10-17-12-28-13-29-20(16)17;/h4-5,8-10H,6-7,11-13H2,1-3H3,(H2,23,24,25);1H. The van der Waals surface area contributed by atoms with Gasteiger partial charge in [0.15, 0.2) is 22.6 Å². The lowest BCUT2D eigenvalue weighted by Crippen LogP contribution is -2.38. The second kappa shape index (κ2) is 11.1. The van der Waals surface area contributed by atoms with Gasteiger partial charge in [-0.25, -0.2) is 12.8 Å². The van der Waals surface area contributed by atoms with E-state index >= 15 is 0 Å². The van der Waals surface area contributed by atoms with E-state index in [-0.39, 0.29) is 36.6 Å². The quantitative estimate of drug-likeness (QED) is 0.320. The highest BCUT2D eigenvalue weighted by Gasteiger charge is 2.17. The van der Waals surface area contributed by atoms with Gasteiger partial charge in [0.05, 0.1) is 11.5 Å². The zero-order chi connectivity index (χ0) is 21.7. The first kappa shape index (κ1) is 25.3. The van der Waals surface area contributed by atoms with Crippen molar-refractivity contribution in [2.45, 2.75) is 31.4 Å². The highest BCUT2D eigenvalue weighted by molar-refractivity contribution is 14.0. The number of nitrogens with one attached hydrogen (secondary N) is 2. The van der Waals surface area contributed by atoms with Gasteiger partial charge in [0, 0.05) is 32.0 Å². The molecule has 0 amide bonds. The Bertz CT molecular complexity index is 1060. The molecule has 0 atom stereocenters. The third-order valence-corrected chi connectivity index (χ3v) is 6.02. The van der Waals surface area contributed by atoms with Crippen molar-refractivity contribution in [3.05, 3.63) is 58.4 Å². The lowest BCUT2D eigenvalue weighted by molar-refractivity contribution is -0.0172. The van der Waals surface area contributed by atoms with Gasteiger partial charge in [-0.2, -0.15) is 0 Å². The van der Waals surface area contributed by atoms with Crippen LogP contribution in [0.25, 0.3) is 0 Å². The molecular formula is C21H27FIN3O4S. The van der Waals surface area contributed by atoms with Gasteiger partial charge in [-0.3, -0.25) is 4.99 Å². The fourth-order valence-corrected chi connectivity index (χ4v) is 4.36. The predicted molar refractivity (Wildman–Crippen MR) is 128 cm³/mol. The van der Waals surface area contributed by atoms with E-state index < -0.39 is 9.84 Å². The molecular weight excluding hydrogens is 536 g/mol. The second-order valence-electron chi connectivity index (χ2n) is 7.14. The Labute approximate surface area is 199 Å². The summed E-state index contributed by atoms with van der Waals surface area (Å²) in [7, 11) is -1.57. The number of nitrogens with zero attached hydrogens (tertiary/aromatic N) is 1. The van der Waals surface area contributed by atoms with Crippen LogP contribution in [-0.2, 0) is 34.1 Å². The number of halogens is 2. The van der Waals surface area contributed by atoms with Crippen LogP contribution in [0.3, 0.4) is 0 Å². The van der Waals surface area contributed by atoms with Crippen LogP contribution >= 0.6 is 24.0 Å². The molecule has 2 N–H and O–H groups in total. The van der Waals surface area contributed by atoms with Crippen molar-refractivity contribution in [2.24, 2.45) is 4.99 Å². The lowest BCUT2D eigenvalue weighted by Gasteiger charge is -2.21. The zero-order valence-electron chi connectivity index (χ0n) is 17.7. The van der Waals surface area contributed by atoms with Gasteiger partial charge in [0.1, 0.15) is 11.6 Å². The van der Waals surface area contributed by atoms with Crippen molar-refractivity contribution < 1.29 is 22.3 Å². The molecule has 0 radical (unpaired) electrons. The largest absolute Gasteiger partial charge is 0.467 e. The summed E-state index contributed by atoms with van der Waals surface area (Å²) in [5, 5.41) is 6.39. The highest BCUT2D eigenvalue weighted by atomic mass is 127. The third kappa shape index (κ3) is 6.78. The minimum Gasteiger partial charge on any atom is -0.467 e. The molecule has 0 fully saturated rings.